The van der Waals surface area contributed by atoms with Crippen molar-refractivity contribution in [1.82, 2.24) is 4.90 Å². The van der Waals surface area contributed by atoms with Gasteiger partial charge in [-0.25, -0.2) is 4.39 Å². The quantitative estimate of drug-likeness (QED) is 0.687. The highest BCUT2D eigenvalue weighted by Gasteiger charge is 2.26. The van der Waals surface area contributed by atoms with Gasteiger partial charge >= 0.3 is 0 Å². The summed E-state index contributed by atoms with van der Waals surface area (Å²) in [7, 11) is 0. The number of aliphatic hydroxyl groups excluding tert-OH is 1. The molecular weight excluding hydrogens is 211 g/mol. The summed E-state index contributed by atoms with van der Waals surface area (Å²) in [5, 5.41) is 9.32. The number of aliphatic hydroxyl groups is 1. The van der Waals surface area contributed by atoms with E-state index in [1.54, 1.807) is 0 Å². The van der Waals surface area contributed by atoms with Gasteiger partial charge in [-0.15, -0.1) is 0 Å². The molecule has 1 aliphatic heterocycles. The van der Waals surface area contributed by atoms with Gasteiger partial charge in [0.15, 0.2) is 0 Å². The largest absolute Gasteiger partial charge is 0.396 e. The molecule has 2 rings (SSSR count). The molecule has 0 saturated carbocycles. The van der Waals surface area contributed by atoms with Gasteiger partial charge in [-0.2, -0.15) is 0 Å². The number of amides is 1. The zero-order chi connectivity index (χ0) is 11.7. The van der Waals surface area contributed by atoms with E-state index in [1.165, 1.54) is 23.1 Å². The molecule has 1 aliphatic rings. The van der Waals surface area contributed by atoms with Gasteiger partial charge in [0.2, 0.25) is 0 Å². The number of rotatable bonds is 1. The lowest BCUT2D eigenvalue weighted by molar-refractivity contribution is 0.0765. The number of β-amino-alcohol motifs (C(OH)–C–C–N with tert-alkyl or cyclic N) is 1. The maximum atomic E-state index is 13.2. The Labute approximate surface area is 92.5 Å². The maximum Gasteiger partial charge on any atom is 0.256 e. The second kappa shape index (κ2) is 4.09. The number of carbonyl (C=O) groups is 1. The van der Waals surface area contributed by atoms with Crippen LogP contribution >= 0.6 is 0 Å². The normalized spacial score (nSPS) is 20.1. The number of hydrogen-bond donors (Lipinski definition) is 2. The predicted octanol–water partition coefficient (Wildman–Crippen LogP) is 0.615. The van der Waals surface area contributed by atoms with Crippen molar-refractivity contribution in [3.05, 3.63) is 29.6 Å². The second-order valence-corrected chi connectivity index (χ2v) is 3.89. The van der Waals surface area contributed by atoms with Crippen LogP contribution in [-0.4, -0.2) is 35.1 Å². The summed E-state index contributed by atoms with van der Waals surface area (Å²) in [5.41, 5.74) is 5.53. The Balaban J connectivity index is 2.24. The van der Waals surface area contributed by atoms with E-state index >= 15 is 0 Å². The molecular formula is C11H13FN2O2. The number of benzene rings is 1. The fourth-order valence-corrected chi connectivity index (χ4v) is 1.82. The lowest BCUT2D eigenvalue weighted by atomic mass is 10.1. The van der Waals surface area contributed by atoms with Crippen LogP contribution in [0, 0.1) is 5.82 Å². The average Bonchev–Trinajstić information content (AvgIpc) is 2.68. The molecule has 4 nitrogen and oxygen atoms in total. The SMILES string of the molecule is Nc1c(F)cccc1C(=O)N1CCC(O)C1. The van der Waals surface area contributed by atoms with Gasteiger partial charge in [0, 0.05) is 13.1 Å². The number of nitrogens with two attached hydrogens (primary N) is 1. The Bertz CT molecular complexity index is 422. The zero-order valence-corrected chi connectivity index (χ0v) is 8.69. The van der Waals surface area contributed by atoms with Gasteiger partial charge in [-0.3, -0.25) is 4.79 Å². The standard InChI is InChI=1S/C11H13FN2O2/c12-9-3-1-2-8(10(9)13)11(16)14-5-4-7(15)6-14/h1-3,7,15H,4-6,13H2. The molecule has 1 aromatic rings. The third-order valence-electron chi connectivity index (χ3n) is 2.73. The Morgan fingerprint density at radius 1 is 1.56 bits per heavy atom. The summed E-state index contributed by atoms with van der Waals surface area (Å²) in [5.74, 6) is -0.917. The van der Waals surface area contributed by atoms with Crippen molar-refractivity contribution in [3.63, 3.8) is 0 Å². The summed E-state index contributed by atoms with van der Waals surface area (Å²) in [6, 6.07) is 4.15. The predicted molar refractivity (Wildman–Crippen MR) is 57.3 cm³/mol. The van der Waals surface area contributed by atoms with Gasteiger partial charge < -0.3 is 15.7 Å². The number of halogens is 1. The molecule has 5 heteroatoms. The molecule has 86 valence electrons. The highest BCUT2D eigenvalue weighted by molar-refractivity contribution is 5.99. The summed E-state index contributed by atoms with van der Waals surface area (Å²) < 4.78 is 13.2. The number of hydrogen-bond acceptors (Lipinski definition) is 3. The van der Waals surface area contributed by atoms with Crippen LogP contribution in [-0.2, 0) is 0 Å². The van der Waals surface area contributed by atoms with Crippen LogP contribution in [0.15, 0.2) is 18.2 Å². The van der Waals surface area contributed by atoms with Crippen molar-refractivity contribution in [1.29, 1.82) is 0 Å². The van der Waals surface area contributed by atoms with Crippen molar-refractivity contribution in [2.75, 3.05) is 18.8 Å². The molecule has 0 aliphatic carbocycles. The fraction of sp³-hybridized carbons (Fsp3) is 0.364. The van der Waals surface area contributed by atoms with E-state index in [4.69, 9.17) is 5.73 Å². The molecule has 1 fully saturated rings. The number of carbonyl (C=O) groups excluding carboxylic acids is 1. The minimum Gasteiger partial charge on any atom is -0.396 e. The molecule has 0 aromatic heterocycles. The average molecular weight is 224 g/mol. The van der Waals surface area contributed by atoms with E-state index in [0.29, 0.717) is 13.0 Å². The van der Waals surface area contributed by atoms with Gasteiger partial charge in [0.1, 0.15) is 5.82 Å². The molecule has 16 heavy (non-hydrogen) atoms. The van der Waals surface area contributed by atoms with Crippen LogP contribution < -0.4 is 5.73 Å². The molecule has 1 heterocycles. The molecule has 1 unspecified atom stereocenters. The van der Waals surface area contributed by atoms with Crippen LogP contribution in [0.5, 0.6) is 0 Å². The lowest BCUT2D eigenvalue weighted by Gasteiger charge is -2.16. The zero-order valence-electron chi connectivity index (χ0n) is 8.69. The molecule has 0 bridgehead atoms. The summed E-state index contributed by atoms with van der Waals surface area (Å²) in [6.07, 6.45) is 0.0692. The first-order chi connectivity index (χ1) is 7.59. The first-order valence-electron chi connectivity index (χ1n) is 5.11. The smallest absolute Gasteiger partial charge is 0.256 e. The van der Waals surface area contributed by atoms with Crippen molar-refractivity contribution < 1.29 is 14.3 Å². The summed E-state index contributed by atoms with van der Waals surface area (Å²) in [4.78, 5) is 13.4. The number of para-hydroxylation sites is 1. The van der Waals surface area contributed by atoms with Gasteiger partial charge in [-0.1, -0.05) is 6.07 Å². The fourth-order valence-electron chi connectivity index (χ4n) is 1.82. The topological polar surface area (TPSA) is 66.6 Å². The Morgan fingerprint density at radius 3 is 2.94 bits per heavy atom. The van der Waals surface area contributed by atoms with Crippen LogP contribution in [0.2, 0.25) is 0 Å². The van der Waals surface area contributed by atoms with Gasteiger partial charge in [-0.05, 0) is 18.6 Å². The lowest BCUT2D eigenvalue weighted by Crippen LogP contribution is -2.30. The van der Waals surface area contributed by atoms with E-state index in [0.717, 1.165) is 0 Å². The summed E-state index contributed by atoms with van der Waals surface area (Å²) in [6.45, 7) is 0.769. The van der Waals surface area contributed by atoms with E-state index in [-0.39, 0.29) is 23.7 Å². The number of likely N-dealkylation sites (tertiary alicyclic amines) is 1. The number of anilines is 1. The molecule has 3 N–H and O–H groups in total. The van der Waals surface area contributed by atoms with E-state index < -0.39 is 11.9 Å². The molecule has 0 radical (unpaired) electrons. The number of nitrogens with zero attached hydrogens (tertiary/aromatic N) is 1. The first-order valence-corrected chi connectivity index (χ1v) is 5.11. The van der Waals surface area contributed by atoms with Crippen molar-refractivity contribution in [3.8, 4) is 0 Å². The van der Waals surface area contributed by atoms with Gasteiger partial charge in [0.05, 0.1) is 17.4 Å². The van der Waals surface area contributed by atoms with Crippen LogP contribution in [0.4, 0.5) is 10.1 Å². The highest BCUT2D eigenvalue weighted by atomic mass is 19.1. The third kappa shape index (κ3) is 1.86. The second-order valence-electron chi connectivity index (χ2n) is 3.89. The minimum atomic E-state index is -0.592. The minimum absolute atomic E-state index is 0.131. The molecule has 0 spiro atoms. The first kappa shape index (κ1) is 10.9. The van der Waals surface area contributed by atoms with E-state index in [9.17, 15) is 14.3 Å². The van der Waals surface area contributed by atoms with Crippen molar-refractivity contribution >= 4 is 11.6 Å². The van der Waals surface area contributed by atoms with Crippen LogP contribution in [0.25, 0.3) is 0 Å². The monoisotopic (exact) mass is 224 g/mol. The number of nitrogen functional groups attached to an aromatic ring is 1. The Morgan fingerprint density at radius 2 is 2.31 bits per heavy atom. The molecule has 1 atom stereocenters. The Hall–Kier alpha value is -1.62. The van der Waals surface area contributed by atoms with Crippen LogP contribution in [0.1, 0.15) is 16.8 Å². The third-order valence-corrected chi connectivity index (χ3v) is 2.73. The molecule has 1 amide bonds. The van der Waals surface area contributed by atoms with E-state index in [1.807, 2.05) is 0 Å². The molecule has 1 aromatic carbocycles. The highest BCUT2D eigenvalue weighted by Crippen LogP contribution is 2.20. The van der Waals surface area contributed by atoms with Crippen LogP contribution in [0.3, 0.4) is 0 Å². The van der Waals surface area contributed by atoms with Crippen molar-refractivity contribution in [2.45, 2.75) is 12.5 Å². The maximum absolute atomic E-state index is 13.2. The van der Waals surface area contributed by atoms with E-state index in [2.05, 4.69) is 0 Å². The Kier molecular flexibility index (Phi) is 2.78. The molecule has 1 saturated heterocycles. The summed E-state index contributed by atoms with van der Waals surface area (Å²) >= 11 is 0. The van der Waals surface area contributed by atoms with Crippen molar-refractivity contribution in [2.24, 2.45) is 0 Å². The van der Waals surface area contributed by atoms with Gasteiger partial charge in [0.25, 0.3) is 5.91 Å².